The number of carbonyl (C=O) groups is 7. The zero-order chi connectivity index (χ0) is 47.5. The molecule has 1 aromatic heterocycles. The van der Waals surface area contributed by atoms with E-state index >= 15 is 0 Å². The molecule has 1 heterocycles. The number of nitrogens with two attached hydrogens (primary N) is 2. The Morgan fingerprint density at radius 3 is 1.82 bits per heavy atom. The second kappa shape index (κ2) is 26.0. The van der Waals surface area contributed by atoms with Crippen molar-refractivity contribution in [2.24, 2.45) is 17.4 Å². The maximum Gasteiger partial charge on any atom is 0.244 e. The maximum absolute atomic E-state index is 14.5. The van der Waals surface area contributed by atoms with Crippen molar-refractivity contribution < 1.29 is 38.7 Å². The van der Waals surface area contributed by atoms with E-state index in [1.54, 1.807) is 56.4 Å². The van der Waals surface area contributed by atoms with E-state index in [1.165, 1.54) is 12.1 Å². The Bertz CT molecular complexity index is 2220. The Labute approximate surface area is 389 Å². The standard InChI is InChI=1S/C46H61N9O8S2/c1-27(2)40(46(63)54-38(26-65)45(62)52-35(41(48)58)22-28-10-4-3-5-11-28)55-42(59)34(14-8-9-20-47)51-44(61)37(24-30-25-49-33-13-7-6-12-32(30)33)53-43(60)36(50-39(57)19-21-64)23-29-15-17-31(56)18-16-29/h3-7,10-13,15-18,25,27,34-38,40,49,56,64-65H,8-9,14,19-24,26,47H2,1-2H3,(H2,48,58)(H,50,57)(H,51,61)(H,52,62)(H,53,60)(H,54,63)(H,55,59)/t34-,35-,36-,37+,38-,40-/m0/s1. The van der Waals surface area contributed by atoms with Crippen molar-refractivity contribution in [2.45, 2.75) is 95.0 Å². The number of carbonyl (C=O) groups excluding carboxylic acids is 7. The van der Waals surface area contributed by atoms with Gasteiger partial charge in [-0.2, -0.15) is 25.3 Å². The van der Waals surface area contributed by atoms with Crippen LogP contribution >= 0.6 is 25.3 Å². The van der Waals surface area contributed by atoms with Crippen LogP contribution in [0.2, 0.25) is 0 Å². The molecular weight excluding hydrogens is 871 g/mol. The molecule has 0 unspecified atom stereocenters. The molecule has 350 valence electrons. The second-order valence-corrected chi connectivity index (χ2v) is 16.9. The highest BCUT2D eigenvalue weighted by atomic mass is 32.1. The molecule has 19 heteroatoms. The number of para-hydroxylation sites is 1. The first kappa shape index (κ1) is 51.6. The molecule has 4 rings (SSSR count). The largest absolute Gasteiger partial charge is 0.508 e. The topological polar surface area (TPSA) is 280 Å². The Balaban J connectivity index is 1.56. The van der Waals surface area contributed by atoms with E-state index in [1.807, 2.05) is 30.3 Å². The number of primary amides is 1. The SMILES string of the molecule is CC(C)[C@H](NC(=O)[C@H](CCCCN)NC(=O)[C@@H](Cc1c[nH]c2ccccc12)NC(=O)[C@H](Cc1ccc(O)cc1)NC(=O)CCS)C(=O)N[C@@H](CS)C(=O)N[C@@H](Cc1ccccc1)C(N)=O. The molecule has 0 saturated carbocycles. The summed E-state index contributed by atoms with van der Waals surface area (Å²) >= 11 is 8.41. The first-order chi connectivity index (χ1) is 31.1. The van der Waals surface area contributed by atoms with Crippen molar-refractivity contribution in [1.29, 1.82) is 0 Å². The molecule has 0 saturated heterocycles. The average Bonchev–Trinajstić information content (AvgIpc) is 3.69. The fraction of sp³-hybridized carbons (Fsp3) is 0.413. The molecule has 17 nitrogen and oxygen atoms in total. The minimum atomic E-state index is -1.26. The van der Waals surface area contributed by atoms with Crippen molar-refractivity contribution in [1.82, 2.24) is 36.9 Å². The third kappa shape index (κ3) is 16.2. The Hall–Kier alpha value is -6.05. The summed E-state index contributed by atoms with van der Waals surface area (Å²) in [5.74, 6) is -5.10. The number of phenolic OH excluding ortho intramolecular Hbond substituents is 1. The van der Waals surface area contributed by atoms with Crippen LogP contribution < -0.4 is 43.4 Å². The van der Waals surface area contributed by atoms with Gasteiger partial charge in [0.2, 0.25) is 41.4 Å². The maximum atomic E-state index is 14.5. The van der Waals surface area contributed by atoms with Crippen LogP contribution in [0, 0.1) is 5.92 Å². The number of hydrogen-bond acceptors (Lipinski definition) is 11. The highest BCUT2D eigenvalue weighted by Gasteiger charge is 2.34. The van der Waals surface area contributed by atoms with Crippen molar-refractivity contribution in [2.75, 3.05) is 18.1 Å². The van der Waals surface area contributed by atoms with E-state index in [0.717, 1.165) is 16.5 Å². The number of amides is 7. The summed E-state index contributed by atoms with van der Waals surface area (Å²) in [5, 5.41) is 27.0. The molecule has 65 heavy (non-hydrogen) atoms. The normalized spacial score (nSPS) is 13.9. The van der Waals surface area contributed by atoms with Crippen LogP contribution in [-0.2, 0) is 52.8 Å². The van der Waals surface area contributed by atoms with Crippen LogP contribution in [-0.4, -0.2) is 106 Å². The van der Waals surface area contributed by atoms with Gasteiger partial charge in [-0.25, -0.2) is 0 Å². The molecule has 0 spiro atoms. The monoisotopic (exact) mass is 931 g/mol. The number of hydrogen-bond donors (Lipinski definition) is 12. The molecule has 0 aliphatic carbocycles. The highest BCUT2D eigenvalue weighted by Crippen LogP contribution is 2.20. The molecular formula is C46H61N9O8S2. The molecule has 4 aromatic rings. The lowest BCUT2D eigenvalue weighted by atomic mass is 10.00. The number of unbranched alkanes of at least 4 members (excludes halogenated alkanes) is 1. The number of nitrogens with one attached hydrogen (secondary N) is 7. The summed E-state index contributed by atoms with van der Waals surface area (Å²) < 4.78 is 0. The molecule has 7 amide bonds. The number of aromatic amines is 1. The van der Waals surface area contributed by atoms with Gasteiger partial charge in [0.05, 0.1) is 0 Å². The number of aromatic nitrogens is 1. The lowest BCUT2D eigenvalue weighted by Gasteiger charge is -2.28. The summed E-state index contributed by atoms with van der Waals surface area (Å²) in [6.45, 7) is 3.71. The first-order valence-corrected chi connectivity index (χ1v) is 22.8. The van der Waals surface area contributed by atoms with Crippen LogP contribution in [0.4, 0.5) is 0 Å². The first-order valence-electron chi connectivity index (χ1n) is 21.5. The summed E-state index contributed by atoms with van der Waals surface area (Å²) in [4.78, 5) is 98.3. The predicted octanol–water partition coefficient (Wildman–Crippen LogP) is 1.33. The minimum Gasteiger partial charge on any atom is -0.508 e. The fourth-order valence-corrected chi connectivity index (χ4v) is 7.53. The number of rotatable bonds is 26. The van der Waals surface area contributed by atoms with Crippen LogP contribution in [0.15, 0.2) is 85.1 Å². The highest BCUT2D eigenvalue weighted by molar-refractivity contribution is 7.80. The van der Waals surface area contributed by atoms with E-state index in [9.17, 15) is 38.7 Å². The smallest absolute Gasteiger partial charge is 0.244 e. The molecule has 0 bridgehead atoms. The summed E-state index contributed by atoms with van der Waals surface area (Å²) in [7, 11) is 0. The van der Waals surface area contributed by atoms with E-state index in [2.05, 4.69) is 62.1 Å². The molecule has 0 fully saturated rings. The van der Waals surface area contributed by atoms with Crippen LogP contribution in [0.5, 0.6) is 5.75 Å². The lowest BCUT2D eigenvalue weighted by Crippen LogP contribution is -2.61. The number of aromatic hydroxyl groups is 1. The van der Waals surface area contributed by atoms with E-state index in [-0.39, 0.29) is 49.4 Å². The van der Waals surface area contributed by atoms with Gasteiger partial charge >= 0.3 is 0 Å². The molecule has 0 radical (unpaired) electrons. The molecule has 0 aliphatic rings. The van der Waals surface area contributed by atoms with Gasteiger partial charge in [-0.3, -0.25) is 33.6 Å². The van der Waals surface area contributed by atoms with Gasteiger partial charge in [-0.05, 0) is 72.4 Å². The van der Waals surface area contributed by atoms with Gasteiger partial charge in [0.15, 0.2) is 0 Å². The summed E-state index contributed by atoms with van der Waals surface area (Å²) in [5.41, 5.74) is 14.3. The molecule has 3 aromatic carbocycles. The van der Waals surface area contributed by atoms with E-state index in [4.69, 9.17) is 11.5 Å². The van der Waals surface area contributed by atoms with E-state index in [0.29, 0.717) is 30.5 Å². The number of thiol groups is 2. The molecule has 12 N–H and O–H groups in total. The van der Waals surface area contributed by atoms with Crippen molar-refractivity contribution in [3.05, 3.63) is 102 Å². The van der Waals surface area contributed by atoms with Crippen LogP contribution in [0.25, 0.3) is 10.9 Å². The van der Waals surface area contributed by atoms with Gasteiger partial charge < -0.3 is 53.5 Å². The third-order valence-electron chi connectivity index (χ3n) is 10.7. The van der Waals surface area contributed by atoms with Gasteiger partial charge in [0, 0.05) is 48.5 Å². The average molecular weight is 932 g/mol. The Morgan fingerprint density at radius 1 is 0.631 bits per heavy atom. The second-order valence-electron chi connectivity index (χ2n) is 16.1. The Kier molecular flexibility index (Phi) is 20.7. The zero-order valence-electron chi connectivity index (χ0n) is 36.5. The van der Waals surface area contributed by atoms with Gasteiger partial charge in [0.1, 0.15) is 42.0 Å². The van der Waals surface area contributed by atoms with Gasteiger partial charge in [0.25, 0.3) is 0 Å². The fourth-order valence-electron chi connectivity index (χ4n) is 7.07. The lowest BCUT2D eigenvalue weighted by molar-refractivity contribution is -0.135. The summed E-state index contributed by atoms with van der Waals surface area (Å²) in [6.07, 6.45) is 2.96. The number of phenols is 1. The number of benzene rings is 3. The van der Waals surface area contributed by atoms with Crippen LogP contribution in [0.1, 0.15) is 56.2 Å². The van der Waals surface area contributed by atoms with Gasteiger partial charge in [-0.15, -0.1) is 0 Å². The van der Waals surface area contributed by atoms with Crippen LogP contribution in [0.3, 0.4) is 0 Å². The van der Waals surface area contributed by atoms with Gasteiger partial charge in [-0.1, -0.05) is 74.5 Å². The molecule has 6 atom stereocenters. The Morgan fingerprint density at radius 2 is 1.18 bits per heavy atom. The minimum absolute atomic E-state index is 0.0125. The predicted molar refractivity (Wildman–Crippen MR) is 255 cm³/mol. The third-order valence-corrected chi connectivity index (χ3v) is 11.3. The van der Waals surface area contributed by atoms with Crippen molar-refractivity contribution in [3.63, 3.8) is 0 Å². The quantitative estimate of drug-likeness (QED) is 0.0319. The zero-order valence-corrected chi connectivity index (χ0v) is 38.3. The summed E-state index contributed by atoms with van der Waals surface area (Å²) in [6, 6.07) is 15.5. The number of fused-ring (bicyclic) bond motifs is 1. The van der Waals surface area contributed by atoms with E-state index < -0.39 is 83.5 Å². The molecule has 0 aliphatic heterocycles. The number of H-pyrrole nitrogens is 1. The van der Waals surface area contributed by atoms with Crippen molar-refractivity contribution in [3.8, 4) is 5.75 Å². The van der Waals surface area contributed by atoms with Crippen molar-refractivity contribution >= 4 is 77.5 Å².